The summed E-state index contributed by atoms with van der Waals surface area (Å²) in [5, 5.41) is 8.81. The monoisotopic (exact) mass is 335 g/mol. The molecule has 0 bridgehead atoms. The standard InChI is InChI=1S/C14H14BrN3O2/c1-18-13(15)10(6-7-16)17-14(18)9-4-5-11(19-2)12(8-9)20-3/h4-5,8H,6H2,1-3H3. The maximum absolute atomic E-state index is 8.81. The van der Waals surface area contributed by atoms with Gasteiger partial charge in [-0.15, -0.1) is 0 Å². The van der Waals surface area contributed by atoms with Crippen LogP contribution in [-0.2, 0) is 13.5 Å². The van der Waals surface area contributed by atoms with Crippen molar-refractivity contribution in [3.8, 4) is 29.0 Å². The molecule has 0 aliphatic rings. The Morgan fingerprint density at radius 3 is 2.60 bits per heavy atom. The molecule has 20 heavy (non-hydrogen) atoms. The summed E-state index contributed by atoms with van der Waals surface area (Å²) in [5.74, 6) is 2.08. The van der Waals surface area contributed by atoms with E-state index in [4.69, 9.17) is 14.7 Å². The van der Waals surface area contributed by atoms with Crippen molar-refractivity contribution < 1.29 is 9.47 Å². The number of halogens is 1. The molecule has 0 radical (unpaired) electrons. The fraction of sp³-hybridized carbons (Fsp3) is 0.286. The summed E-state index contributed by atoms with van der Waals surface area (Å²) in [5.41, 5.74) is 1.62. The van der Waals surface area contributed by atoms with Gasteiger partial charge >= 0.3 is 0 Å². The third-order valence-electron chi connectivity index (χ3n) is 2.98. The van der Waals surface area contributed by atoms with Gasteiger partial charge in [0.15, 0.2) is 11.5 Å². The SMILES string of the molecule is COc1ccc(-c2nc(CC#N)c(Br)n2C)cc1OC. The van der Waals surface area contributed by atoms with E-state index in [9.17, 15) is 0 Å². The van der Waals surface area contributed by atoms with Gasteiger partial charge in [0.2, 0.25) is 0 Å². The van der Waals surface area contributed by atoms with Crippen LogP contribution < -0.4 is 9.47 Å². The normalized spacial score (nSPS) is 10.2. The smallest absolute Gasteiger partial charge is 0.161 e. The van der Waals surface area contributed by atoms with Crippen molar-refractivity contribution in [1.82, 2.24) is 9.55 Å². The highest BCUT2D eigenvalue weighted by Crippen LogP contribution is 2.33. The molecule has 1 aromatic heterocycles. The van der Waals surface area contributed by atoms with Crippen LogP contribution in [0.2, 0.25) is 0 Å². The molecule has 0 atom stereocenters. The maximum atomic E-state index is 8.81. The predicted octanol–water partition coefficient (Wildman–Crippen LogP) is 2.93. The molecule has 0 saturated carbocycles. The number of rotatable bonds is 4. The molecule has 0 N–H and O–H groups in total. The first-order chi connectivity index (χ1) is 9.62. The van der Waals surface area contributed by atoms with E-state index in [0.29, 0.717) is 11.5 Å². The Morgan fingerprint density at radius 2 is 2.00 bits per heavy atom. The number of hydrogen-bond donors (Lipinski definition) is 0. The van der Waals surface area contributed by atoms with Gasteiger partial charge in [-0.3, -0.25) is 0 Å². The first-order valence-electron chi connectivity index (χ1n) is 5.92. The first kappa shape index (κ1) is 14.4. The minimum Gasteiger partial charge on any atom is -0.493 e. The number of imidazole rings is 1. The molecule has 0 amide bonds. The van der Waals surface area contributed by atoms with Crippen molar-refractivity contribution in [3.05, 3.63) is 28.5 Å². The van der Waals surface area contributed by atoms with Crippen molar-refractivity contribution >= 4 is 15.9 Å². The van der Waals surface area contributed by atoms with E-state index >= 15 is 0 Å². The molecular weight excluding hydrogens is 322 g/mol. The van der Waals surface area contributed by atoms with Crippen LogP contribution in [0.25, 0.3) is 11.4 Å². The van der Waals surface area contributed by atoms with Crippen LogP contribution in [0, 0.1) is 11.3 Å². The zero-order chi connectivity index (χ0) is 14.7. The quantitative estimate of drug-likeness (QED) is 0.861. The average molecular weight is 336 g/mol. The van der Waals surface area contributed by atoms with E-state index in [-0.39, 0.29) is 6.42 Å². The van der Waals surface area contributed by atoms with E-state index in [1.807, 2.05) is 29.8 Å². The fourth-order valence-corrected chi connectivity index (χ4v) is 2.35. The van der Waals surface area contributed by atoms with Crippen molar-refractivity contribution in [1.29, 1.82) is 5.26 Å². The zero-order valence-corrected chi connectivity index (χ0v) is 13.1. The number of nitrogens with zero attached hydrogens (tertiary/aromatic N) is 3. The minimum absolute atomic E-state index is 0.266. The fourth-order valence-electron chi connectivity index (χ4n) is 1.96. The molecule has 5 nitrogen and oxygen atoms in total. The first-order valence-corrected chi connectivity index (χ1v) is 6.72. The number of aromatic nitrogens is 2. The van der Waals surface area contributed by atoms with Crippen LogP contribution in [-0.4, -0.2) is 23.8 Å². The molecule has 0 fully saturated rings. The Morgan fingerprint density at radius 1 is 1.30 bits per heavy atom. The highest BCUT2D eigenvalue weighted by atomic mass is 79.9. The summed E-state index contributed by atoms with van der Waals surface area (Å²) in [6.45, 7) is 0. The van der Waals surface area contributed by atoms with Gasteiger partial charge in [-0.25, -0.2) is 4.98 Å². The lowest BCUT2D eigenvalue weighted by molar-refractivity contribution is 0.355. The van der Waals surface area contributed by atoms with E-state index in [0.717, 1.165) is 21.7 Å². The molecule has 2 aromatic rings. The summed E-state index contributed by atoms with van der Waals surface area (Å²) in [6.07, 6.45) is 0.266. The predicted molar refractivity (Wildman–Crippen MR) is 78.8 cm³/mol. The lowest BCUT2D eigenvalue weighted by Gasteiger charge is -2.09. The highest BCUT2D eigenvalue weighted by Gasteiger charge is 2.15. The molecule has 0 unspecified atom stereocenters. The van der Waals surface area contributed by atoms with Crippen molar-refractivity contribution in [2.75, 3.05) is 14.2 Å². The molecule has 2 rings (SSSR count). The molecular formula is C14H14BrN3O2. The van der Waals surface area contributed by atoms with E-state index in [1.165, 1.54) is 0 Å². The Balaban J connectivity index is 2.52. The van der Waals surface area contributed by atoms with Crippen molar-refractivity contribution in [2.45, 2.75) is 6.42 Å². The van der Waals surface area contributed by atoms with Crippen LogP contribution in [0.15, 0.2) is 22.8 Å². The lowest BCUT2D eigenvalue weighted by Crippen LogP contribution is -1.95. The lowest BCUT2D eigenvalue weighted by atomic mass is 10.2. The van der Waals surface area contributed by atoms with Crippen LogP contribution in [0.3, 0.4) is 0 Å². The maximum Gasteiger partial charge on any atom is 0.161 e. The second-order valence-corrected chi connectivity index (χ2v) is 4.89. The highest BCUT2D eigenvalue weighted by molar-refractivity contribution is 9.10. The minimum atomic E-state index is 0.266. The number of hydrogen-bond acceptors (Lipinski definition) is 4. The molecule has 0 spiro atoms. The van der Waals surface area contributed by atoms with Gasteiger partial charge in [0.1, 0.15) is 10.4 Å². The second kappa shape index (κ2) is 5.97. The van der Waals surface area contributed by atoms with Crippen molar-refractivity contribution in [2.24, 2.45) is 7.05 Å². The third kappa shape index (κ3) is 2.49. The summed E-state index contributed by atoms with van der Waals surface area (Å²) >= 11 is 3.46. The number of nitriles is 1. The Kier molecular flexibility index (Phi) is 4.30. The van der Waals surface area contributed by atoms with Crippen LogP contribution >= 0.6 is 15.9 Å². The zero-order valence-electron chi connectivity index (χ0n) is 11.5. The van der Waals surface area contributed by atoms with Gasteiger partial charge in [-0.05, 0) is 34.1 Å². The molecule has 1 heterocycles. The number of ether oxygens (including phenoxy) is 2. The van der Waals surface area contributed by atoms with Crippen molar-refractivity contribution in [3.63, 3.8) is 0 Å². The van der Waals surface area contributed by atoms with E-state index < -0.39 is 0 Å². The Hall–Kier alpha value is -2.00. The Labute approximate surface area is 125 Å². The summed E-state index contributed by atoms with van der Waals surface area (Å²) in [4.78, 5) is 4.50. The average Bonchev–Trinajstić information content (AvgIpc) is 2.75. The summed E-state index contributed by atoms with van der Waals surface area (Å²) < 4.78 is 13.2. The van der Waals surface area contributed by atoms with Gasteiger partial charge in [-0.2, -0.15) is 5.26 Å². The largest absolute Gasteiger partial charge is 0.493 e. The summed E-state index contributed by atoms with van der Waals surface area (Å²) in [6, 6.07) is 7.72. The topological polar surface area (TPSA) is 60.1 Å². The Bertz CT molecular complexity index is 674. The molecule has 104 valence electrons. The van der Waals surface area contributed by atoms with E-state index in [1.54, 1.807) is 14.2 Å². The van der Waals surface area contributed by atoms with Gasteiger partial charge in [-0.1, -0.05) is 0 Å². The van der Waals surface area contributed by atoms with Gasteiger partial charge in [0.25, 0.3) is 0 Å². The van der Waals surface area contributed by atoms with Gasteiger partial charge in [0.05, 0.1) is 32.4 Å². The number of benzene rings is 1. The van der Waals surface area contributed by atoms with Gasteiger partial charge < -0.3 is 14.0 Å². The third-order valence-corrected chi connectivity index (χ3v) is 3.97. The van der Waals surface area contributed by atoms with Crippen LogP contribution in [0.4, 0.5) is 0 Å². The van der Waals surface area contributed by atoms with Crippen LogP contribution in [0.5, 0.6) is 11.5 Å². The second-order valence-electron chi connectivity index (χ2n) is 4.14. The summed E-state index contributed by atoms with van der Waals surface area (Å²) in [7, 11) is 5.08. The number of methoxy groups -OCH3 is 2. The molecule has 0 saturated heterocycles. The van der Waals surface area contributed by atoms with Crippen LogP contribution in [0.1, 0.15) is 5.69 Å². The molecule has 0 aliphatic carbocycles. The molecule has 6 heteroatoms. The molecule has 0 aliphatic heterocycles. The van der Waals surface area contributed by atoms with Gasteiger partial charge in [0, 0.05) is 12.6 Å². The van der Waals surface area contributed by atoms with E-state index in [2.05, 4.69) is 27.0 Å². The molecule has 1 aromatic carbocycles.